The van der Waals surface area contributed by atoms with Crippen molar-refractivity contribution >= 4 is 35.1 Å². The summed E-state index contributed by atoms with van der Waals surface area (Å²) in [7, 11) is 1.25. The number of hydrogen-bond donors (Lipinski definition) is 0. The summed E-state index contributed by atoms with van der Waals surface area (Å²) in [6, 6.07) is 12.8. The second-order valence-electron chi connectivity index (χ2n) is 4.82. The lowest BCUT2D eigenvalue weighted by molar-refractivity contribution is -0.138. The third-order valence-electron chi connectivity index (χ3n) is 3.31. The van der Waals surface area contributed by atoms with Crippen molar-refractivity contribution in [2.75, 3.05) is 11.9 Å². The molecule has 0 N–H and O–H groups in total. The van der Waals surface area contributed by atoms with Gasteiger partial charge in [0.25, 0.3) is 0 Å². The van der Waals surface area contributed by atoms with Crippen molar-refractivity contribution < 1.29 is 19.1 Å². The van der Waals surface area contributed by atoms with Gasteiger partial charge in [-0.3, -0.25) is 14.5 Å². The molecule has 23 heavy (non-hydrogen) atoms. The second kappa shape index (κ2) is 5.73. The number of urea groups is 1. The fourth-order valence-electron chi connectivity index (χ4n) is 2.12. The highest BCUT2D eigenvalue weighted by molar-refractivity contribution is 6.52. The number of carbonyl (C=O) groups excluding carboxylic acids is 3. The zero-order valence-electron chi connectivity index (χ0n) is 12.0. The number of anilines is 1. The average molecular weight is 331 g/mol. The molecule has 1 aliphatic rings. The molecule has 4 amide bonds. The Morgan fingerprint density at radius 2 is 1.65 bits per heavy atom. The molecule has 0 unspecified atom stereocenters. The highest BCUT2D eigenvalue weighted by atomic mass is 35.5. The summed E-state index contributed by atoms with van der Waals surface area (Å²) in [4.78, 5) is 36.9. The molecule has 0 atom stereocenters. The minimum atomic E-state index is -0.912. The van der Waals surface area contributed by atoms with E-state index in [1.807, 2.05) is 18.2 Å². The summed E-state index contributed by atoms with van der Waals surface area (Å²) >= 11 is 6.15. The summed E-state index contributed by atoms with van der Waals surface area (Å²) in [6.45, 7) is 0. The molecule has 1 fully saturated rings. The lowest BCUT2D eigenvalue weighted by Gasteiger charge is -2.14. The van der Waals surface area contributed by atoms with E-state index in [1.165, 1.54) is 25.2 Å². The van der Waals surface area contributed by atoms with Gasteiger partial charge in [-0.15, -0.1) is 0 Å². The SMILES string of the molecule is CN1C(=O)C(=O)N(c2ccc(Oc3ccccc3)c(Cl)c2)C1=O. The van der Waals surface area contributed by atoms with Gasteiger partial charge in [-0.05, 0) is 30.3 Å². The van der Waals surface area contributed by atoms with Gasteiger partial charge in [-0.2, -0.15) is 0 Å². The normalized spacial score (nSPS) is 14.6. The number of rotatable bonds is 3. The molecule has 0 spiro atoms. The van der Waals surface area contributed by atoms with Gasteiger partial charge in [0.2, 0.25) is 0 Å². The van der Waals surface area contributed by atoms with Crippen LogP contribution in [0.25, 0.3) is 0 Å². The Kier molecular flexibility index (Phi) is 3.75. The van der Waals surface area contributed by atoms with Gasteiger partial charge in [0, 0.05) is 7.05 Å². The van der Waals surface area contributed by atoms with Gasteiger partial charge in [0.15, 0.2) is 0 Å². The molecule has 7 heteroatoms. The Balaban J connectivity index is 1.89. The molecule has 0 radical (unpaired) electrons. The Hall–Kier alpha value is -2.86. The molecule has 6 nitrogen and oxygen atoms in total. The number of halogens is 1. The fourth-order valence-corrected chi connectivity index (χ4v) is 2.33. The maximum atomic E-state index is 11.9. The van der Waals surface area contributed by atoms with Crippen LogP contribution in [-0.4, -0.2) is 29.8 Å². The highest BCUT2D eigenvalue weighted by Crippen LogP contribution is 2.34. The summed E-state index contributed by atoms with van der Waals surface area (Å²) < 4.78 is 5.63. The molecule has 0 aliphatic carbocycles. The summed E-state index contributed by atoms with van der Waals surface area (Å²) in [6.07, 6.45) is 0. The van der Waals surface area contributed by atoms with Crippen LogP contribution in [0.4, 0.5) is 10.5 Å². The van der Waals surface area contributed by atoms with Crippen LogP contribution in [-0.2, 0) is 9.59 Å². The van der Waals surface area contributed by atoms with Gasteiger partial charge < -0.3 is 4.74 Å². The Labute approximate surface area is 136 Å². The highest BCUT2D eigenvalue weighted by Gasteiger charge is 2.43. The van der Waals surface area contributed by atoms with Crippen LogP contribution in [0, 0.1) is 0 Å². The third-order valence-corrected chi connectivity index (χ3v) is 3.61. The van der Waals surface area contributed by atoms with Crippen molar-refractivity contribution in [3.8, 4) is 11.5 Å². The number of likely N-dealkylation sites (N-methyl/N-ethyl adjacent to an activating group) is 1. The number of amides is 4. The van der Waals surface area contributed by atoms with Crippen molar-refractivity contribution in [3.05, 3.63) is 53.6 Å². The molecule has 0 saturated carbocycles. The first-order valence-corrected chi connectivity index (χ1v) is 7.05. The molecule has 3 rings (SSSR count). The van der Waals surface area contributed by atoms with Crippen LogP contribution in [0.15, 0.2) is 48.5 Å². The molecule has 0 bridgehead atoms. The van der Waals surface area contributed by atoms with Gasteiger partial charge in [0.1, 0.15) is 11.5 Å². The molecule has 1 heterocycles. The monoisotopic (exact) mass is 330 g/mol. The van der Waals surface area contributed by atoms with Crippen molar-refractivity contribution in [3.63, 3.8) is 0 Å². The molecule has 2 aromatic carbocycles. The number of ether oxygens (including phenoxy) is 1. The van der Waals surface area contributed by atoms with Crippen LogP contribution in [0.3, 0.4) is 0 Å². The molecule has 1 aliphatic heterocycles. The number of imide groups is 2. The quantitative estimate of drug-likeness (QED) is 0.641. The van der Waals surface area contributed by atoms with Crippen LogP contribution in [0.5, 0.6) is 11.5 Å². The lowest BCUT2D eigenvalue weighted by Crippen LogP contribution is -2.31. The maximum absolute atomic E-state index is 11.9. The fraction of sp³-hybridized carbons (Fsp3) is 0.0625. The topological polar surface area (TPSA) is 66.9 Å². The molecular formula is C16H11ClN2O4. The smallest absolute Gasteiger partial charge is 0.338 e. The standard InChI is InChI=1S/C16H11ClN2O4/c1-18-14(20)15(21)19(16(18)22)10-7-8-13(12(17)9-10)23-11-5-3-2-4-6-11/h2-9H,1H3. The van der Waals surface area contributed by atoms with Crippen LogP contribution in [0.2, 0.25) is 5.02 Å². The Bertz CT molecular complexity index is 807. The molecule has 0 aromatic heterocycles. The van der Waals surface area contributed by atoms with Gasteiger partial charge >= 0.3 is 17.8 Å². The number of hydrogen-bond acceptors (Lipinski definition) is 4. The van der Waals surface area contributed by atoms with Crippen molar-refractivity contribution in [1.82, 2.24) is 4.90 Å². The maximum Gasteiger partial charge on any atom is 0.338 e. The minimum Gasteiger partial charge on any atom is -0.456 e. The zero-order chi connectivity index (χ0) is 16.6. The van der Waals surface area contributed by atoms with Crippen molar-refractivity contribution in [2.24, 2.45) is 0 Å². The Morgan fingerprint density at radius 3 is 2.22 bits per heavy atom. The van der Waals surface area contributed by atoms with Crippen molar-refractivity contribution in [2.45, 2.75) is 0 Å². The number of carbonyl (C=O) groups is 3. The van der Waals surface area contributed by atoms with E-state index in [4.69, 9.17) is 16.3 Å². The van der Waals surface area contributed by atoms with E-state index in [2.05, 4.69) is 0 Å². The summed E-state index contributed by atoms with van der Waals surface area (Å²) in [5.74, 6) is -0.813. The predicted octanol–water partition coefficient (Wildman–Crippen LogP) is 3.06. The first kappa shape index (κ1) is 15.1. The van der Waals surface area contributed by atoms with E-state index in [1.54, 1.807) is 12.1 Å². The van der Waals surface area contributed by atoms with Gasteiger partial charge in [0.05, 0.1) is 10.7 Å². The van der Waals surface area contributed by atoms with E-state index in [0.717, 1.165) is 9.80 Å². The summed E-state index contributed by atoms with van der Waals surface area (Å²) in [5, 5.41) is 0.217. The third kappa shape index (κ3) is 2.64. The van der Waals surface area contributed by atoms with E-state index in [9.17, 15) is 14.4 Å². The van der Waals surface area contributed by atoms with Gasteiger partial charge in [-0.25, -0.2) is 9.69 Å². The van der Waals surface area contributed by atoms with E-state index in [-0.39, 0.29) is 10.7 Å². The van der Waals surface area contributed by atoms with Crippen LogP contribution < -0.4 is 9.64 Å². The average Bonchev–Trinajstić information content (AvgIpc) is 2.74. The number of benzene rings is 2. The number of para-hydroxylation sites is 1. The molecular weight excluding hydrogens is 320 g/mol. The lowest BCUT2D eigenvalue weighted by atomic mass is 10.2. The first-order chi connectivity index (χ1) is 11.0. The zero-order valence-corrected chi connectivity index (χ0v) is 12.8. The first-order valence-electron chi connectivity index (χ1n) is 6.67. The number of nitrogens with zero attached hydrogens (tertiary/aromatic N) is 2. The molecule has 116 valence electrons. The van der Waals surface area contributed by atoms with E-state index < -0.39 is 17.8 Å². The second-order valence-corrected chi connectivity index (χ2v) is 5.22. The van der Waals surface area contributed by atoms with Crippen molar-refractivity contribution in [1.29, 1.82) is 0 Å². The van der Waals surface area contributed by atoms with E-state index >= 15 is 0 Å². The summed E-state index contributed by atoms with van der Waals surface area (Å²) in [5.41, 5.74) is 0.211. The molecule has 1 saturated heterocycles. The largest absolute Gasteiger partial charge is 0.456 e. The predicted molar refractivity (Wildman–Crippen MR) is 83.6 cm³/mol. The Morgan fingerprint density at radius 1 is 0.957 bits per heavy atom. The van der Waals surface area contributed by atoms with E-state index in [0.29, 0.717) is 11.5 Å². The van der Waals surface area contributed by atoms with Gasteiger partial charge in [-0.1, -0.05) is 29.8 Å². The minimum absolute atomic E-state index is 0.211. The molecule has 2 aromatic rings. The van der Waals surface area contributed by atoms with Crippen LogP contribution in [0.1, 0.15) is 0 Å². The van der Waals surface area contributed by atoms with Crippen LogP contribution >= 0.6 is 11.6 Å².